The summed E-state index contributed by atoms with van der Waals surface area (Å²) in [5, 5.41) is 10.1. The van der Waals surface area contributed by atoms with Gasteiger partial charge >= 0.3 is 5.97 Å². The lowest BCUT2D eigenvalue weighted by Gasteiger charge is -2.01. The van der Waals surface area contributed by atoms with Crippen LogP contribution in [0.15, 0.2) is 29.2 Å². The van der Waals surface area contributed by atoms with E-state index in [4.69, 9.17) is 0 Å². The molecule has 0 aliphatic heterocycles. The van der Waals surface area contributed by atoms with Crippen LogP contribution in [0.4, 0.5) is 0 Å². The molecule has 0 radical (unpaired) electrons. The number of hydrogen-bond acceptors (Lipinski definition) is 4. The van der Waals surface area contributed by atoms with E-state index in [1.807, 2.05) is 30.5 Å². The molecule has 1 heterocycles. The number of carbonyl (C=O) groups is 1. The van der Waals surface area contributed by atoms with Crippen molar-refractivity contribution >= 4 is 29.1 Å². The highest BCUT2D eigenvalue weighted by molar-refractivity contribution is 7.98. The Balaban J connectivity index is 2.38. The lowest BCUT2D eigenvalue weighted by atomic mass is 10.1. The first-order valence-electron chi connectivity index (χ1n) is 6.38. The molecule has 106 valence electrons. The molecule has 20 heavy (non-hydrogen) atoms. The SMILES string of the molecule is CSc1ccc(-c2nc(CC(C)C)c(C(=O)O)s2)cc1. The zero-order valence-electron chi connectivity index (χ0n) is 11.7. The molecule has 5 heteroatoms. The molecule has 1 aromatic heterocycles. The molecule has 0 bridgehead atoms. The lowest BCUT2D eigenvalue weighted by molar-refractivity contribution is 0.0700. The Morgan fingerprint density at radius 1 is 1.35 bits per heavy atom. The number of thiazole rings is 1. The summed E-state index contributed by atoms with van der Waals surface area (Å²) in [5.41, 5.74) is 1.67. The van der Waals surface area contributed by atoms with Gasteiger partial charge < -0.3 is 5.11 Å². The summed E-state index contributed by atoms with van der Waals surface area (Å²) in [7, 11) is 0. The molecule has 0 spiro atoms. The van der Waals surface area contributed by atoms with Crippen molar-refractivity contribution < 1.29 is 9.90 Å². The van der Waals surface area contributed by atoms with Gasteiger partial charge in [-0.3, -0.25) is 0 Å². The van der Waals surface area contributed by atoms with Crippen molar-refractivity contribution in [1.29, 1.82) is 0 Å². The van der Waals surface area contributed by atoms with E-state index in [1.165, 1.54) is 16.2 Å². The molecule has 0 aliphatic rings. The molecule has 0 unspecified atom stereocenters. The Kier molecular flexibility index (Phi) is 4.83. The lowest BCUT2D eigenvalue weighted by Crippen LogP contribution is -2.02. The number of carboxylic acids is 1. The number of hydrogen-bond donors (Lipinski definition) is 1. The van der Waals surface area contributed by atoms with Crippen LogP contribution >= 0.6 is 23.1 Å². The van der Waals surface area contributed by atoms with Gasteiger partial charge in [-0.1, -0.05) is 26.0 Å². The van der Waals surface area contributed by atoms with Crippen molar-refractivity contribution in [1.82, 2.24) is 4.98 Å². The van der Waals surface area contributed by atoms with Crippen molar-refractivity contribution in [3.05, 3.63) is 34.8 Å². The van der Waals surface area contributed by atoms with E-state index < -0.39 is 5.97 Å². The molecule has 0 aliphatic carbocycles. The van der Waals surface area contributed by atoms with Gasteiger partial charge in [0.2, 0.25) is 0 Å². The number of aromatic nitrogens is 1. The van der Waals surface area contributed by atoms with Crippen molar-refractivity contribution in [2.75, 3.05) is 6.26 Å². The average molecular weight is 307 g/mol. The largest absolute Gasteiger partial charge is 0.477 e. The first kappa shape index (κ1) is 15.1. The minimum atomic E-state index is -0.884. The summed E-state index contributed by atoms with van der Waals surface area (Å²) in [5.74, 6) is -0.493. The minimum Gasteiger partial charge on any atom is -0.477 e. The second-order valence-corrected chi connectivity index (χ2v) is 6.81. The zero-order chi connectivity index (χ0) is 14.7. The van der Waals surface area contributed by atoms with E-state index >= 15 is 0 Å². The molecule has 1 aromatic carbocycles. The molecular weight excluding hydrogens is 290 g/mol. The standard InChI is InChI=1S/C15H17NO2S2/c1-9(2)8-12-13(15(17)18)20-14(16-12)10-4-6-11(19-3)7-5-10/h4-7,9H,8H2,1-3H3,(H,17,18). The van der Waals surface area contributed by atoms with Crippen LogP contribution < -0.4 is 0 Å². The molecular formula is C15H17NO2S2. The quantitative estimate of drug-likeness (QED) is 0.830. The highest BCUT2D eigenvalue weighted by Crippen LogP contribution is 2.30. The van der Waals surface area contributed by atoms with Gasteiger partial charge in [0.05, 0.1) is 5.69 Å². The molecule has 0 saturated carbocycles. The van der Waals surface area contributed by atoms with Crippen molar-refractivity contribution in [3.8, 4) is 10.6 Å². The van der Waals surface area contributed by atoms with E-state index in [9.17, 15) is 9.90 Å². The van der Waals surface area contributed by atoms with E-state index in [1.54, 1.807) is 11.8 Å². The van der Waals surface area contributed by atoms with Gasteiger partial charge in [0.25, 0.3) is 0 Å². The second-order valence-electron chi connectivity index (χ2n) is 4.93. The third kappa shape index (κ3) is 3.41. The monoisotopic (exact) mass is 307 g/mol. The maximum Gasteiger partial charge on any atom is 0.347 e. The summed E-state index contributed by atoms with van der Waals surface area (Å²) in [6.07, 6.45) is 2.72. The number of rotatable bonds is 5. The first-order valence-corrected chi connectivity index (χ1v) is 8.42. The Morgan fingerprint density at radius 3 is 2.50 bits per heavy atom. The zero-order valence-corrected chi connectivity index (χ0v) is 13.3. The maximum atomic E-state index is 11.3. The molecule has 1 N–H and O–H groups in total. The number of benzene rings is 1. The minimum absolute atomic E-state index is 0.364. The molecule has 0 atom stereocenters. The number of nitrogens with zero attached hydrogens (tertiary/aromatic N) is 1. The van der Waals surface area contributed by atoms with Crippen molar-refractivity contribution in [2.45, 2.75) is 25.2 Å². The first-order chi connectivity index (χ1) is 9.51. The van der Waals surface area contributed by atoms with Crippen molar-refractivity contribution in [3.63, 3.8) is 0 Å². The number of aromatic carboxylic acids is 1. The van der Waals surface area contributed by atoms with Crippen LogP contribution in [0.25, 0.3) is 10.6 Å². The van der Waals surface area contributed by atoms with Gasteiger partial charge in [-0.05, 0) is 30.7 Å². The van der Waals surface area contributed by atoms with E-state index in [0.717, 1.165) is 10.6 Å². The average Bonchev–Trinajstić information content (AvgIpc) is 2.82. The molecule has 2 aromatic rings. The van der Waals surface area contributed by atoms with Crippen LogP contribution in [0, 0.1) is 5.92 Å². The second kappa shape index (κ2) is 6.41. The fourth-order valence-electron chi connectivity index (χ4n) is 1.90. The topological polar surface area (TPSA) is 50.2 Å². The van der Waals surface area contributed by atoms with E-state index in [-0.39, 0.29) is 0 Å². The Hall–Kier alpha value is -1.33. The third-order valence-corrected chi connectivity index (χ3v) is 4.71. The number of thioether (sulfide) groups is 1. The van der Waals surface area contributed by atoms with Gasteiger partial charge in [0, 0.05) is 10.5 Å². The molecule has 2 rings (SSSR count). The maximum absolute atomic E-state index is 11.3. The van der Waals surface area contributed by atoms with Crippen LogP contribution in [0.2, 0.25) is 0 Å². The summed E-state index contributed by atoms with van der Waals surface area (Å²) in [6, 6.07) is 8.05. The molecule has 0 amide bonds. The van der Waals surface area contributed by atoms with E-state index in [0.29, 0.717) is 22.9 Å². The molecule has 0 fully saturated rings. The van der Waals surface area contributed by atoms with Gasteiger partial charge in [0.15, 0.2) is 0 Å². The molecule has 0 saturated heterocycles. The van der Waals surface area contributed by atoms with Gasteiger partial charge in [-0.25, -0.2) is 9.78 Å². The van der Waals surface area contributed by atoms with Gasteiger partial charge in [0.1, 0.15) is 9.88 Å². The predicted molar refractivity (Wildman–Crippen MR) is 84.8 cm³/mol. The van der Waals surface area contributed by atoms with Crippen LogP contribution in [0.5, 0.6) is 0 Å². The Labute approximate surface area is 127 Å². The van der Waals surface area contributed by atoms with E-state index in [2.05, 4.69) is 18.8 Å². The van der Waals surface area contributed by atoms with Gasteiger partial charge in [-0.15, -0.1) is 23.1 Å². The fraction of sp³-hybridized carbons (Fsp3) is 0.333. The summed E-state index contributed by atoms with van der Waals surface area (Å²) in [4.78, 5) is 17.4. The van der Waals surface area contributed by atoms with Crippen LogP contribution in [0.1, 0.15) is 29.2 Å². The number of carboxylic acid groups (broad SMARTS) is 1. The molecule has 3 nitrogen and oxygen atoms in total. The summed E-state index contributed by atoms with van der Waals surface area (Å²) < 4.78 is 0. The smallest absolute Gasteiger partial charge is 0.347 e. The highest BCUT2D eigenvalue weighted by Gasteiger charge is 2.18. The fourth-order valence-corrected chi connectivity index (χ4v) is 3.25. The van der Waals surface area contributed by atoms with Crippen molar-refractivity contribution in [2.24, 2.45) is 5.92 Å². The Morgan fingerprint density at radius 2 is 2.00 bits per heavy atom. The predicted octanol–water partition coefficient (Wildman–Crippen LogP) is 4.43. The van der Waals surface area contributed by atoms with Crippen LogP contribution in [-0.2, 0) is 6.42 Å². The summed E-state index contributed by atoms with van der Waals surface area (Å²) in [6.45, 7) is 4.13. The third-order valence-electron chi connectivity index (χ3n) is 2.83. The van der Waals surface area contributed by atoms with Gasteiger partial charge in [-0.2, -0.15) is 0 Å². The highest BCUT2D eigenvalue weighted by atomic mass is 32.2. The van der Waals surface area contributed by atoms with Crippen LogP contribution in [0.3, 0.4) is 0 Å². The van der Waals surface area contributed by atoms with Crippen LogP contribution in [-0.4, -0.2) is 22.3 Å². The Bertz CT molecular complexity index is 603. The normalized spacial score (nSPS) is 11.0. The summed E-state index contributed by atoms with van der Waals surface area (Å²) >= 11 is 2.94.